The molecule has 1 N–H and O–H groups in total. The van der Waals surface area contributed by atoms with Crippen LogP contribution in [0.1, 0.15) is 10.4 Å². The maximum absolute atomic E-state index is 13.2. The lowest BCUT2D eigenvalue weighted by atomic mass is 10.3. The molecule has 1 aromatic carbocycles. The Balaban J connectivity index is 2.14. The van der Waals surface area contributed by atoms with Crippen LogP contribution in [0.4, 0.5) is 17.6 Å². The standard InChI is InChI=1S/C12H6F4N2O2/c13-7-4-8(10(15)11(16)9(7)14)20-18-12(19)6-2-1-3-17-5-6/h1-5H,(H,18,19). The Morgan fingerprint density at radius 2 is 1.90 bits per heavy atom. The van der Waals surface area contributed by atoms with Crippen LogP contribution in [0.3, 0.4) is 0 Å². The van der Waals surface area contributed by atoms with Crippen molar-refractivity contribution < 1.29 is 27.2 Å². The van der Waals surface area contributed by atoms with Crippen LogP contribution < -0.4 is 10.3 Å². The fourth-order valence-corrected chi connectivity index (χ4v) is 1.28. The summed E-state index contributed by atoms with van der Waals surface area (Å²) in [5.74, 6) is -9.20. The molecule has 0 spiro atoms. The van der Waals surface area contributed by atoms with Crippen molar-refractivity contribution in [1.82, 2.24) is 10.5 Å². The number of pyridine rings is 1. The summed E-state index contributed by atoms with van der Waals surface area (Å²) in [6, 6.07) is 3.12. The monoisotopic (exact) mass is 286 g/mol. The van der Waals surface area contributed by atoms with E-state index in [4.69, 9.17) is 0 Å². The van der Waals surface area contributed by atoms with Gasteiger partial charge in [0.15, 0.2) is 17.4 Å². The van der Waals surface area contributed by atoms with Crippen LogP contribution in [0.5, 0.6) is 5.75 Å². The normalized spacial score (nSPS) is 10.2. The second-order valence-corrected chi connectivity index (χ2v) is 3.57. The van der Waals surface area contributed by atoms with Gasteiger partial charge in [0.1, 0.15) is 0 Å². The zero-order chi connectivity index (χ0) is 14.7. The highest BCUT2D eigenvalue weighted by atomic mass is 19.2. The van der Waals surface area contributed by atoms with Crippen LogP contribution >= 0.6 is 0 Å². The van der Waals surface area contributed by atoms with Crippen molar-refractivity contribution in [2.75, 3.05) is 0 Å². The molecule has 0 aliphatic carbocycles. The van der Waals surface area contributed by atoms with Gasteiger partial charge in [0, 0.05) is 18.5 Å². The molecule has 8 heteroatoms. The maximum Gasteiger partial charge on any atom is 0.285 e. The topological polar surface area (TPSA) is 51.2 Å². The highest BCUT2D eigenvalue weighted by Crippen LogP contribution is 2.24. The predicted molar refractivity (Wildman–Crippen MR) is 58.6 cm³/mol. The van der Waals surface area contributed by atoms with Gasteiger partial charge in [-0.15, -0.1) is 0 Å². The first kappa shape index (κ1) is 13.8. The second kappa shape index (κ2) is 5.55. The Morgan fingerprint density at radius 3 is 2.55 bits per heavy atom. The second-order valence-electron chi connectivity index (χ2n) is 3.57. The molecule has 2 rings (SSSR count). The van der Waals surface area contributed by atoms with Gasteiger partial charge in [-0.3, -0.25) is 9.78 Å². The first-order valence-electron chi connectivity index (χ1n) is 5.21. The minimum atomic E-state index is -2.03. The molecule has 1 heterocycles. The first-order valence-corrected chi connectivity index (χ1v) is 5.21. The summed E-state index contributed by atoms with van der Waals surface area (Å²) in [6.07, 6.45) is 2.61. The number of hydrogen-bond donors (Lipinski definition) is 1. The van der Waals surface area contributed by atoms with Crippen LogP contribution in [-0.2, 0) is 0 Å². The molecule has 0 aliphatic rings. The van der Waals surface area contributed by atoms with Crippen LogP contribution in [0, 0.1) is 23.3 Å². The van der Waals surface area contributed by atoms with Gasteiger partial charge in [-0.25, -0.2) is 13.2 Å². The molecule has 0 aliphatic heterocycles. The Labute approximate surface area is 110 Å². The third-order valence-electron chi connectivity index (χ3n) is 2.25. The number of nitrogens with zero attached hydrogens (tertiary/aromatic N) is 1. The number of hydrogen-bond acceptors (Lipinski definition) is 3. The maximum atomic E-state index is 13.2. The molecule has 0 unspecified atom stereocenters. The minimum absolute atomic E-state index is 0.0796. The van der Waals surface area contributed by atoms with Crippen molar-refractivity contribution in [3.63, 3.8) is 0 Å². The molecule has 20 heavy (non-hydrogen) atoms. The van der Waals surface area contributed by atoms with Crippen molar-refractivity contribution >= 4 is 5.91 Å². The van der Waals surface area contributed by atoms with Gasteiger partial charge < -0.3 is 4.84 Å². The molecule has 1 amide bonds. The molecule has 0 radical (unpaired) electrons. The fraction of sp³-hybridized carbons (Fsp3) is 0. The number of carbonyl (C=O) groups is 1. The van der Waals surface area contributed by atoms with Gasteiger partial charge in [-0.05, 0) is 12.1 Å². The van der Waals surface area contributed by atoms with E-state index in [2.05, 4.69) is 9.82 Å². The summed E-state index contributed by atoms with van der Waals surface area (Å²) in [5, 5.41) is 0. The number of benzene rings is 1. The van der Waals surface area contributed by atoms with E-state index in [1.807, 2.05) is 0 Å². The molecule has 0 atom stereocenters. The summed E-state index contributed by atoms with van der Waals surface area (Å²) >= 11 is 0. The number of aromatic nitrogens is 1. The number of nitrogens with one attached hydrogen (secondary N) is 1. The van der Waals surface area contributed by atoms with Gasteiger partial charge in [0.2, 0.25) is 11.6 Å². The lowest BCUT2D eigenvalue weighted by Crippen LogP contribution is -2.27. The number of carbonyl (C=O) groups excluding carboxylic acids is 1. The zero-order valence-corrected chi connectivity index (χ0v) is 9.66. The highest BCUT2D eigenvalue weighted by Gasteiger charge is 2.20. The van der Waals surface area contributed by atoms with E-state index < -0.39 is 34.9 Å². The molecular weight excluding hydrogens is 280 g/mol. The number of hydroxylamine groups is 1. The molecule has 0 saturated carbocycles. The lowest BCUT2D eigenvalue weighted by molar-refractivity contribution is 0.0748. The third kappa shape index (κ3) is 2.68. The van der Waals surface area contributed by atoms with Crippen molar-refractivity contribution in [1.29, 1.82) is 0 Å². The quantitative estimate of drug-likeness (QED) is 0.408. The Kier molecular flexibility index (Phi) is 3.83. The predicted octanol–water partition coefficient (Wildman–Crippen LogP) is 2.36. The van der Waals surface area contributed by atoms with Crippen molar-refractivity contribution in [2.45, 2.75) is 0 Å². The summed E-state index contributed by atoms with van der Waals surface area (Å²) in [7, 11) is 0. The smallest absolute Gasteiger partial charge is 0.285 e. The Hall–Kier alpha value is -2.64. The van der Waals surface area contributed by atoms with Gasteiger partial charge in [0.05, 0.1) is 5.56 Å². The molecule has 4 nitrogen and oxygen atoms in total. The van der Waals surface area contributed by atoms with E-state index in [1.54, 1.807) is 5.48 Å². The molecule has 2 aromatic rings. The highest BCUT2D eigenvalue weighted by molar-refractivity contribution is 5.93. The average Bonchev–Trinajstić information content (AvgIpc) is 2.48. The van der Waals surface area contributed by atoms with Crippen LogP contribution in [0.2, 0.25) is 0 Å². The zero-order valence-electron chi connectivity index (χ0n) is 9.66. The first-order chi connectivity index (χ1) is 9.50. The summed E-state index contributed by atoms with van der Waals surface area (Å²) in [5.41, 5.74) is 1.83. The summed E-state index contributed by atoms with van der Waals surface area (Å²) in [4.78, 5) is 19.6. The van der Waals surface area contributed by atoms with Crippen molar-refractivity contribution in [2.24, 2.45) is 0 Å². The Morgan fingerprint density at radius 1 is 1.15 bits per heavy atom. The van der Waals surface area contributed by atoms with Gasteiger partial charge in [-0.1, -0.05) is 0 Å². The van der Waals surface area contributed by atoms with Gasteiger partial charge in [0.25, 0.3) is 5.91 Å². The van der Waals surface area contributed by atoms with Gasteiger partial charge >= 0.3 is 0 Å². The van der Waals surface area contributed by atoms with Gasteiger partial charge in [-0.2, -0.15) is 9.87 Å². The summed E-state index contributed by atoms with van der Waals surface area (Å²) in [6.45, 7) is 0. The molecule has 0 saturated heterocycles. The van der Waals surface area contributed by atoms with Crippen LogP contribution in [0.15, 0.2) is 30.6 Å². The van der Waals surface area contributed by atoms with Crippen molar-refractivity contribution in [3.05, 3.63) is 59.4 Å². The van der Waals surface area contributed by atoms with Crippen molar-refractivity contribution in [3.8, 4) is 5.75 Å². The number of rotatable bonds is 3. The lowest BCUT2D eigenvalue weighted by Gasteiger charge is -2.08. The van der Waals surface area contributed by atoms with Crippen LogP contribution in [-0.4, -0.2) is 10.9 Å². The molecule has 0 bridgehead atoms. The summed E-state index contributed by atoms with van der Waals surface area (Å²) < 4.78 is 51.7. The van der Waals surface area contributed by atoms with E-state index in [0.717, 1.165) is 0 Å². The van der Waals surface area contributed by atoms with E-state index in [-0.39, 0.29) is 11.6 Å². The number of amides is 1. The number of halogens is 4. The molecular formula is C12H6F4N2O2. The largest absolute Gasteiger partial charge is 0.376 e. The fourth-order valence-electron chi connectivity index (χ4n) is 1.28. The van der Waals surface area contributed by atoms with E-state index in [0.29, 0.717) is 0 Å². The SMILES string of the molecule is O=C(NOc1cc(F)c(F)c(F)c1F)c1cccnc1. The molecule has 104 valence electrons. The third-order valence-corrected chi connectivity index (χ3v) is 2.25. The van der Waals surface area contributed by atoms with Crippen LogP contribution in [0.25, 0.3) is 0 Å². The van der Waals surface area contributed by atoms with E-state index in [1.165, 1.54) is 24.5 Å². The minimum Gasteiger partial charge on any atom is -0.376 e. The molecule has 0 fully saturated rings. The molecule has 1 aromatic heterocycles. The van der Waals surface area contributed by atoms with E-state index >= 15 is 0 Å². The average molecular weight is 286 g/mol. The van der Waals surface area contributed by atoms with E-state index in [9.17, 15) is 22.4 Å². The Bertz CT molecular complexity index is 650.